The lowest BCUT2D eigenvalue weighted by atomic mass is 10.1. The van der Waals surface area contributed by atoms with Crippen LogP contribution in [0.5, 0.6) is 0 Å². The van der Waals surface area contributed by atoms with Crippen molar-refractivity contribution in [2.24, 2.45) is 0 Å². The molecule has 1 saturated heterocycles. The van der Waals surface area contributed by atoms with Crippen LogP contribution in [0.15, 0.2) is 41.3 Å². The van der Waals surface area contributed by atoms with Crippen molar-refractivity contribution in [1.82, 2.24) is 25.1 Å². The summed E-state index contributed by atoms with van der Waals surface area (Å²) in [7, 11) is 0. The summed E-state index contributed by atoms with van der Waals surface area (Å²) in [4.78, 5) is 13.5. The first-order valence-electron chi connectivity index (χ1n) is 7.65. The van der Waals surface area contributed by atoms with Crippen LogP contribution in [0.3, 0.4) is 0 Å². The van der Waals surface area contributed by atoms with Gasteiger partial charge in [-0.05, 0) is 24.3 Å². The largest absolute Gasteiger partial charge is 0.368 e. The highest BCUT2D eigenvalue weighted by Gasteiger charge is 2.19. The lowest BCUT2D eigenvalue weighted by molar-refractivity contribution is 0.244. The van der Waals surface area contributed by atoms with Crippen molar-refractivity contribution in [2.75, 3.05) is 31.1 Å². The molecule has 23 heavy (non-hydrogen) atoms. The number of H-pyrrole nitrogens is 1. The van der Waals surface area contributed by atoms with Gasteiger partial charge in [0.15, 0.2) is 0 Å². The van der Waals surface area contributed by atoms with E-state index < -0.39 is 0 Å². The minimum Gasteiger partial charge on any atom is -0.368 e. The molecule has 0 atom stereocenters. The first-order valence-corrected chi connectivity index (χ1v) is 8.45. The molecule has 6 nitrogen and oxygen atoms in total. The van der Waals surface area contributed by atoms with Crippen LogP contribution < -0.4 is 4.90 Å². The number of hydrogen-bond acceptors (Lipinski definition) is 5. The first kappa shape index (κ1) is 14.6. The molecule has 0 amide bonds. The van der Waals surface area contributed by atoms with E-state index >= 15 is 0 Å². The number of fused-ring (bicyclic) bond motifs is 1. The molecule has 1 aliphatic heterocycles. The molecule has 1 fully saturated rings. The van der Waals surface area contributed by atoms with Crippen LogP contribution in [0.2, 0.25) is 0 Å². The molecule has 0 bridgehead atoms. The molecule has 2 aromatic heterocycles. The van der Waals surface area contributed by atoms with E-state index in [0.717, 1.165) is 48.5 Å². The summed E-state index contributed by atoms with van der Waals surface area (Å²) in [5, 5.41) is 8.04. The molecule has 3 aromatic rings. The summed E-state index contributed by atoms with van der Waals surface area (Å²) in [6, 6.07) is 8.36. The van der Waals surface area contributed by atoms with Gasteiger partial charge in [-0.25, -0.2) is 4.98 Å². The lowest BCUT2D eigenvalue weighted by Gasteiger charge is -2.36. The van der Waals surface area contributed by atoms with Crippen LogP contribution >= 0.6 is 15.9 Å². The summed E-state index contributed by atoms with van der Waals surface area (Å²) in [5.41, 5.74) is 2.30. The van der Waals surface area contributed by atoms with Crippen molar-refractivity contribution in [3.63, 3.8) is 0 Å². The molecule has 3 heterocycles. The monoisotopic (exact) mass is 372 g/mol. The Labute approximate surface area is 142 Å². The normalized spacial score (nSPS) is 16.1. The topological polar surface area (TPSA) is 60.9 Å². The van der Waals surface area contributed by atoms with Gasteiger partial charge in [-0.3, -0.25) is 15.0 Å². The number of piperazine rings is 1. The second kappa shape index (κ2) is 6.25. The maximum absolute atomic E-state index is 4.47. The molecular weight excluding hydrogens is 356 g/mol. The van der Waals surface area contributed by atoms with Crippen LogP contribution in [-0.2, 0) is 6.54 Å². The zero-order chi connectivity index (χ0) is 15.6. The second-order valence-electron chi connectivity index (χ2n) is 5.69. The standard InChI is InChI=1S/C16H17BrN6/c17-12-1-2-14-13(9-12)15(3-4-18-14)23-7-5-22(6-8-23)10-16-19-11-20-21-16/h1-4,9,11H,5-8,10H2,(H,19,20,21). The van der Waals surface area contributed by atoms with Gasteiger partial charge in [-0.15, -0.1) is 0 Å². The lowest BCUT2D eigenvalue weighted by Crippen LogP contribution is -2.46. The fraction of sp³-hybridized carbons (Fsp3) is 0.312. The maximum Gasteiger partial charge on any atom is 0.138 e. The summed E-state index contributed by atoms with van der Waals surface area (Å²) in [6.45, 7) is 4.85. The average molecular weight is 373 g/mol. The first-order chi connectivity index (χ1) is 11.3. The predicted molar refractivity (Wildman–Crippen MR) is 93.3 cm³/mol. The van der Waals surface area contributed by atoms with Crippen LogP contribution in [-0.4, -0.2) is 51.2 Å². The van der Waals surface area contributed by atoms with E-state index in [-0.39, 0.29) is 0 Å². The third-order valence-corrected chi connectivity index (χ3v) is 4.73. The highest BCUT2D eigenvalue weighted by molar-refractivity contribution is 9.10. The molecule has 1 aromatic carbocycles. The number of benzene rings is 1. The summed E-state index contributed by atoms with van der Waals surface area (Å²) in [6.07, 6.45) is 3.46. The van der Waals surface area contributed by atoms with E-state index in [4.69, 9.17) is 0 Å². The van der Waals surface area contributed by atoms with E-state index in [9.17, 15) is 0 Å². The zero-order valence-corrected chi connectivity index (χ0v) is 14.2. The molecule has 1 aliphatic rings. The van der Waals surface area contributed by atoms with Crippen LogP contribution in [0, 0.1) is 0 Å². The Bertz CT molecular complexity index is 795. The smallest absolute Gasteiger partial charge is 0.138 e. The number of pyridine rings is 1. The average Bonchev–Trinajstić information content (AvgIpc) is 3.08. The van der Waals surface area contributed by atoms with Crippen molar-refractivity contribution in [2.45, 2.75) is 6.54 Å². The number of aromatic nitrogens is 4. The van der Waals surface area contributed by atoms with Crippen molar-refractivity contribution in [3.8, 4) is 0 Å². The maximum atomic E-state index is 4.47. The molecular formula is C16H17BrN6. The van der Waals surface area contributed by atoms with Crippen LogP contribution in [0.25, 0.3) is 10.9 Å². The van der Waals surface area contributed by atoms with Crippen LogP contribution in [0.1, 0.15) is 5.82 Å². The van der Waals surface area contributed by atoms with Gasteiger partial charge in [-0.2, -0.15) is 5.10 Å². The highest BCUT2D eigenvalue weighted by Crippen LogP contribution is 2.28. The van der Waals surface area contributed by atoms with Crippen molar-refractivity contribution < 1.29 is 0 Å². The number of anilines is 1. The van der Waals surface area contributed by atoms with Gasteiger partial charge < -0.3 is 4.90 Å². The number of hydrogen-bond donors (Lipinski definition) is 1. The Morgan fingerprint density at radius 2 is 1.96 bits per heavy atom. The van der Waals surface area contributed by atoms with E-state index in [0.29, 0.717) is 0 Å². The number of nitrogens with zero attached hydrogens (tertiary/aromatic N) is 5. The number of rotatable bonds is 3. The van der Waals surface area contributed by atoms with Gasteiger partial charge in [0.25, 0.3) is 0 Å². The van der Waals surface area contributed by atoms with Gasteiger partial charge in [0.1, 0.15) is 12.2 Å². The molecule has 0 aliphatic carbocycles. The Balaban J connectivity index is 1.51. The van der Waals surface area contributed by atoms with Crippen molar-refractivity contribution in [1.29, 1.82) is 0 Å². The fourth-order valence-corrected chi connectivity index (χ4v) is 3.41. The Morgan fingerprint density at radius 3 is 2.74 bits per heavy atom. The molecule has 1 N–H and O–H groups in total. The van der Waals surface area contributed by atoms with Gasteiger partial charge >= 0.3 is 0 Å². The minimum atomic E-state index is 0.830. The third-order valence-electron chi connectivity index (χ3n) is 4.23. The van der Waals surface area contributed by atoms with E-state index in [1.165, 1.54) is 11.1 Å². The summed E-state index contributed by atoms with van der Waals surface area (Å²) >= 11 is 3.56. The number of aromatic amines is 1. The Morgan fingerprint density at radius 1 is 1.09 bits per heavy atom. The predicted octanol–water partition coefficient (Wildman–Crippen LogP) is 2.44. The molecule has 118 valence electrons. The molecule has 0 unspecified atom stereocenters. The van der Waals surface area contributed by atoms with E-state index in [2.05, 4.69) is 64.1 Å². The quantitative estimate of drug-likeness (QED) is 0.764. The van der Waals surface area contributed by atoms with E-state index in [1.54, 1.807) is 6.33 Å². The van der Waals surface area contributed by atoms with Gasteiger partial charge in [0, 0.05) is 47.9 Å². The van der Waals surface area contributed by atoms with Crippen LogP contribution in [0.4, 0.5) is 5.69 Å². The molecule has 7 heteroatoms. The molecule has 0 saturated carbocycles. The minimum absolute atomic E-state index is 0.830. The molecule has 0 radical (unpaired) electrons. The Kier molecular flexibility index (Phi) is 3.97. The third kappa shape index (κ3) is 3.07. The summed E-state index contributed by atoms with van der Waals surface area (Å²) < 4.78 is 1.09. The SMILES string of the molecule is Brc1ccc2nccc(N3CCN(Cc4ncn[nH]4)CC3)c2c1. The van der Waals surface area contributed by atoms with Gasteiger partial charge in [-0.1, -0.05) is 15.9 Å². The number of halogens is 1. The Hall–Kier alpha value is -1.99. The summed E-state index contributed by atoms with van der Waals surface area (Å²) in [5.74, 6) is 0.928. The second-order valence-corrected chi connectivity index (χ2v) is 6.60. The van der Waals surface area contributed by atoms with Crippen molar-refractivity contribution >= 4 is 32.5 Å². The van der Waals surface area contributed by atoms with Crippen molar-refractivity contribution in [3.05, 3.63) is 47.1 Å². The zero-order valence-electron chi connectivity index (χ0n) is 12.6. The number of nitrogens with one attached hydrogen (secondary N) is 1. The highest BCUT2D eigenvalue weighted by atomic mass is 79.9. The molecule has 4 rings (SSSR count). The van der Waals surface area contributed by atoms with Gasteiger partial charge in [0.05, 0.1) is 12.1 Å². The molecule has 0 spiro atoms. The fourth-order valence-electron chi connectivity index (χ4n) is 3.05. The van der Waals surface area contributed by atoms with E-state index in [1.807, 2.05) is 12.3 Å². The van der Waals surface area contributed by atoms with Gasteiger partial charge in [0.2, 0.25) is 0 Å².